The van der Waals surface area contributed by atoms with E-state index in [2.05, 4.69) is 32.5 Å². The fourth-order valence-corrected chi connectivity index (χ4v) is 2.23. The Balaban J connectivity index is 1.80. The highest BCUT2D eigenvalue weighted by Crippen LogP contribution is 2.04. The van der Waals surface area contributed by atoms with Gasteiger partial charge in [0, 0.05) is 32.2 Å². The molecule has 1 aliphatic rings. The van der Waals surface area contributed by atoms with Gasteiger partial charge in [0.25, 0.3) is 0 Å². The lowest BCUT2D eigenvalue weighted by molar-refractivity contribution is -0.122. The van der Waals surface area contributed by atoms with Gasteiger partial charge in [-0.15, -0.1) is 5.10 Å². The number of carbonyl (C=O) groups is 2. The van der Waals surface area contributed by atoms with E-state index >= 15 is 0 Å². The molecule has 0 spiro atoms. The van der Waals surface area contributed by atoms with Crippen LogP contribution in [0.1, 0.15) is 10.5 Å². The Hall–Kier alpha value is -2.00. The molecule has 2 N–H and O–H groups in total. The number of aromatic nitrogens is 3. The van der Waals surface area contributed by atoms with Crippen LogP contribution < -0.4 is 5.32 Å². The predicted molar refractivity (Wildman–Crippen MR) is 73.9 cm³/mol. The first kappa shape index (κ1) is 15.4. The maximum Gasteiger partial charge on any atom is 0.358 e. The van der Waals surface area contributed by atoms with Gasteiger partial charge in [0.05, 0.1) is 6.20 Å². The van der Waals surface area contributed by atoms with Gasteiger partial charge in [0.1, 0.15) is 6.54 Å². The van der Waals surface area contributed by atoms with Crippen LogP contribution in [0.3, 0.4) is 0 Å². The number of carboxylic acid groups (broad SMARTS) is 1. The number of hydrogen-bond acceptors (Lipinski definition) is 6. The molecule has 1 aliphatic heterocycles. The molecular formula is C12H20N6O3. The number of carbonyl (C=O) groups excluding carboxylic acids is 1. The average molecular weight is 296 g/mol. The molecule has 9 heteroatoms. The summed E-state index contributed by atoms with van der Waals surface area (Å²) < 4.78 is 1.22. The van der Waals surface area contributed by atoms with Crippen molar-refractivity contribution in [1.82, 2.24) is 30.1 Å². The summed E-state index contributed by atoms with van der Waals surface area (Å²) in [6, 6.07) is 0.276. The monoisotopic (exact) mass is 296 g/mol. The van der Waals surface area contributed by atoms with Gasteiger partial charge in [-0.3, -0.25) is 9.69 Å². The second-order valence-corrected chi connectivity index (χ2v) is 5.31. The Morgan fingerprint density at radius 2 is 2.19 bits per heavy atom. The number of amides is 1. The van der Waals surface area contributed by atoms with E-state index < -0.39 is 5.97 Å². The highest BCUT2D eigenvalue weighted by Gasteiger charge is 2.22. The third-order valence-electron chi connectivity index (χ3n) is 3.58. The Morgan fingerprint density at radius 3 is 2.86 bits per heavy atom. The molecule has 1 aromatic rings. The SMILES string of the molecule is CN1CCN(C)C(CNC(=O)Cn2cc(C(=O)O)nn2)C1. The summed E-state index contributed by atoms with van der Waals surface area (Å²) in [4.78, 5) is 27.0. The van der Waals surface area contributed by atoms with Gasteiger partial charge in [-0.05, 0) is 14.1 Å². The third-order valence-corrected chi connectivity index (χ3v) is 3.58. The van der Waals surface area contributed by atoms with Crippen LogP contribution in [0.25, 0.3) is 0 Å². The van der Waals surface area contributed by atoms with Crippen molar-refractivity contribution in [3.05, 3.63) is 11.9 Å². The molecule has 1 atom stereocenters. The molecule has 0 aromatic carbocycles. The van der Waals surface area contributed by atoms with Crippen molar-refractivity contribution >= 4 is 11.9 Å². The second kappa shape index (κ2) is 6.64. The number of nitrogens with zero attached hydrogens (tertiary/aromatic N) is 5. The van der Waals surface area contributed by atoms with Crippen LogP contribution in [-0.4, -0.2) is 88.1 Å². The van der Waals surface area contributed by atoms with E-state index in [9.17, 15) is 9.59 Å². The Morgan fingerprint density at radius 1 is 1.43 bits per heavy atom. The first-order valence-corrected chi connectivity index (χ1v) is 6.74. The molecule has 1 fully saturated rings. The molecular weight excluding hydrogens is 276 g/mol. The zero-order chi connectivity index (χ0) is 15.4. The summed E-state index contributed by atoms with van der Waals surface area (Å²) in [5.41, 5.74) is -0.170. The molecule has 1 aromatic heterocycles. The Bertz CT molecular complexity index is 517. The maximum absolute atomic E-state index is 11.8. The van der Waals surface area contributed by atoms with Gasteiger partial charge in [-0.2, -0.15) is 0 Å². The molecule has 116 valence electrons. The van der Waals surface area contributed by atoms with Crippen LogP contribution in [0.2, 0.25) is 0 Å². The van der Waals surface area contributed by atoms with E-state index in [1.54, 1.807) is 0 Å². The number of rotatable bonds is 5. The van der Waals surface area contributed by atoms with Gasteiger partial charge >= 0.3 is 5.97 Å². The quantitative estimate of drug-likeness (QED) is 0.670. The molecule has 21 heavy (non-hydrogen) atoms. The number of nitrogens with one attached hydrogen (secondary N) is 1. The van der Waals surface area contributed by atoms with E-state index in [-0.39, 0.29) is 24.2 Å². The van der Waals surface area contributed by atoms with Crippen molar-refractivity contribution in [2.45, 2.75) is 12.6 Å². The largest absolute Gasteiger partial charge is 0.476 e. The summed E-state index contributed by atoms with van der Waals surface area (Å²) in [6.07, 6.45) is 1.24. The van der Waals surface area contributed by atoms with Crippen LogP contribution in [-0.2, 0) is 11.3 Å². The van der Waals surface area contributed by atoms with Crippen LogP contribution >= 0.6 is 0 Å². The van der Waals surface area contributed by atoms with E-state index in [1.807, 2.05) is 7.05 Å². The van der Waals surface area contributed by atoms with Gasteiger partial charge in [-0.25, -0.2) is 9.48 Å². The van der Waals surface area contributed by atoms with Gasteiger partial charge in [-0.1, -0.05) is 5.21 Å². The first-order chi connectivity index (χ1) is 9.95. The number of hydrogen-bond donors (Lipinski definition) is 2. The van der Waals surface area contributed by atoms with Crippen LogP contribution in [0.15, 0.2) is 6.20 Å². The summed E-state index contributed by atoms with van der Waals surface area (Å²) >= 11 is 0. The topological polar surface area (TPSA) is 104 Å². The zero-order valence-electron chi connectivity index (χ0n) is 12.2. The predicted octanol–water partition coefficient (Wildman–Crippen LogP) is -1.66. The fraction of sp³-hybridized carbons (Fsp3) is 0.667. The number of aromatic carboxylic acids is 1. The number of carboxylic acids is 1. The highest BCUT2D eigenvalue weighted by molar-refractivity contribution is 5.84. The number of piperazine rings is 1. The molecule has 0 radical (unpaired) electrons. The highest BCUT2D eigenvalue weighted by atomic mass is 16.4. The van der Waals surface area contributed by atoms with Gasteiger partial charge in [0.15, 0.2) is 5.69 Å². The average Bonchev–Trinajstić information content (AvgIpc) is 2.88. The minimum absolute atomic E-state index is 0.0352. The fourth-order valence-electron chi connectivity index (χ4n) is 2.23. The standard InChI is InChI=1S/C12H20N6O3/c1-16-3-4-17(2)9(6-16)5-13-11(19)8-18-7-10(12(20)21)14-15-18/h7,9H,3-6,8H2,1-2H3,(H,13,19)(H,20,21). The first-order valence-electron chi connectivity index (χ1n) is 6.74. The smallest absolute Gasteiger partial charge is 0.358 e. The minimum atomic E-state index is -1.16. The zero-order valence-corrected chi connectivity index (χ0v) is 12.2. The lowest BCUT2D eigenvalue weighted by Gasteiger charge is -2.37. The molecule has 1 unspecified atom stereocenters. The molecule has 0 bridgehead atoms. The second-order valence-electron chi connectivity index (χ2n) is 5.31. The third kappa shape index (κ3) is 4.23. The van der Waals surface area contributed by atoms with Crippen molar-refractivity contribution in [1.29, 1.82) is 0 Å². The van der Waals surface area contributed by atoms with Gasteiger partial charge < -0.3 is 15.3 Å². The van der Waals surface area contributed by atoms with Crippen LogP contribution in [0, 0.1) is 0 Å². The molecule has 0 aliphatic carbocycles. The summed E-state index contributed by atoms with van der Waals surface area (Å²) in [5.74, 6) is -1.37. The van der Waals surface area contributed by atoms with E-state index in [4.69, 9.17) is 5.11 Å². The minimum Gasteiger partial charge on any atom is -0.476 e. The Labute approximate surface area is 122 Å². The molecule has 1 saturated heterocycles. The number of likely N-dealkylation sites (N-methyl/N-ethyl adjacent to an activating group) is 2. The molecule has 2 rings (SSSR count). The van der Waals surface area contributed by atoms with Crippen molar-refractivity contribution in [3.8, 4) is 0 Å². The Kier molecular flexibility index (Phi) is 4.86. The maximum atomic E-state index is 11.8. The van der Waals surface area contributed by atoms with Crippen molar-refractivity contribution < 1.29 is 14.7 Å². The van der Waals surface area contributed by atoms with Crippen molar-refractivity contribution in [2.75, 3.05) is 40.3 Å². The lowest BCUT2D eigenvalue weighted by Crippen LogP contribution is -2.54. The van der Waals surface area contributed by atoms with Crippen LogP contribution in [0.4, 0.5) is 0 Å². The summed E-state index contributed by atoms with van der Waals surface area (Å²) in [6.45, 7) is 3.43. The van der Waals surface area contributed by atoms with Crippen molar-refractivity contribution in [3.63, 3.8) is 0 Å². The lowest BCUT2D eigenvalue weighted by atomic mass is 10.2. The van der Waals surface area contributed by atoms with Crippen LogP contribution in [0.5, 0.6) is 0 Å². The summed E-state index contributed by atoms with van der Waals surface area (Å²) in [5, 5.41) is 18.6. The van der Waals surface area contributed by atoms with E-state index in [0.29, 0.717) is 6.54 Å². The van der Waals surface area contributed by atoms with Gasteiger partial charge in [0.2, 0.25) is 5.91 Å². The van der Waals surface area contributed by atoms with E-state index in [0.717, 1.165) is 19.6 Å². The van der Waals surface area contributed by atoms with Crippen molar-refractivity contribution in [2.24, 2.45) is 0 Å². The normalized spacial score (nSPS) is 20.4. The molecule has 2 heterocycles. The molecule has 0 saturated carbocycles. The molecule has 1 amide bonds. The molecule has 9 nitrogen and oxygen atoms in total. The van der Waals surface area contributed by atoms with E-state index in [1.165, 1.54) is 10.9 Å². The summed E-state index contributed by atoms with van der Waals surface area (Å²) in [7, 11) is 4.10.